The third-order valence-corrected chi connectivity index (χ3v) is 4.38. The summed E-state index contributed by atoms with van der Waals surface area (Å²) >= 11 is 0. The Balaban J connectivity index is 1.68. The number of hydrazone groups is 1. The van der Waals surface area contributed by atoms with Crippen molar-refractivity contribution < 1.29 is 9.72 Å². The molecule has 1 amide bonds. The maximum absolute atomic E-state index is 12.3. The molecule has 1 heterocycles. The van der Waals surface area contributed by atoms with Crippen molar-refractivity contribution >= 4 is 23.0 Å². The first-order valence-corrected chi connectivity index (χ1v) is 8.46. The van der Waals surface area contributed by atoms with Gasteiger partial charge in [0.1, 0.15) is 0 Å². The molecule has 0 aliphatic carbocycles. The molecule has 0 bridgehead atoms. The number of para-hydroxylation sites is 2. The van der Waals surface area contributed by atoms with E-state index < -0.39 is 4.92 Å². The van der Waals surface area contributed by atoms with Crippen molar-refractivity contribution in [2.45, 2.75) is 19.8 Å². The highest BCUT2D eigenvalue weighted by atomic mass is 16.6. The predicted octanol–water partition coefficient (Wildman–Crippen LogP) is 2.89. The zero-order valence-electron chi connectivity index (χ0n) is 14.5. The largest absolute Gasteiger partial charge is 0.362 e. The van der Waals surface area contributed by atoms with Crippen molar-refractivity contribution in [3.8, 4) is 0 Å². The topological polar surface area (TPSA) is 87.8 Å². The lowest BCUT2D eigenvalue weighted by molar-refractivity contribution is -0.385. The van der Waals surface area contributed by atoms with Crippen molar-refractivity contribution in [1.82, 2.24) is 5.43 Å². The van der Waals surface area contributed by atoms with E-state index in [0.29, 0.717) is 11.3 Å². The van der Waals surface area contributed by atoms with Crippen LogP contribution in [0, 0.1) is 10.1 Å². The summed E-state index contributed by atoms with van der Waals surface area (Å²) in [7, 11) is 0. The highest BCUT2D eigenvalue weighted by molar-refractivity contribution is 6.02. The number of aryl methyl sites for hydroxylation is 1. The number of nitrogens with one attached hydrogen (secondary N) is 1. The average molecular weight is 352 g/mol. The van der Waals surface area contributed by atoms with E-state index in [-0.39, 0.29) is 18.1 Å². The fourth-order valence-corrected chi connectivity index (χ4v) is 3.13. The van der Waals surface area contributed by atoms with E-state index in [1.807, 2.05) is 23.1 Å². The van der Waals surface area contributed by atoms with Crippen molar-refractivity contribution in [2.24, 2.45) is 5.10 Å². The maximum Gasteiger partial charge on any atom is 0.278 e. The van der Waals surface area contributed by atoms with Crippen LogP contribution in [-0.4, -0.2) is 29.6 Å². The Hall–Kier alpha value is -3.22. The Morgan fingerprint density at radius 2 is 1.96 bits per heavy atom. The van der Waals surface area contributed by atoms with Crippen LogP contribution in [0.25, 0.3) is 0 Å². The number of benzene rings is 2. The minimum Gasteiger partial charge on any atom is -0.362 e. The molecule has 0 fully saturated rings. The number of rotatable bonds is 5. The number of fused-ring (bicyclic) bond motifs is 1. The van der Waals surface area contributed by atoms with Gasteiger partial charge in [-0.05, 0) is 37.5 Å². The Kier molecular flexibility index (Phi) is 5.26. The van der Waals surface area contributed by atoms with E-state index in [1.165, 1.54) is 11.6 Å². The first-order valence-electron chi connectivity index (χ1n) is 8.46. The van der Waals surface area contributed by atoms with Crippen molar-refractivity contribution in [1.29, 1.82) is 0 Å². The standard InChI is InChI=1S/C19H20N4O3/c1-14(16-9-3-5-11-18(16)23(25)26)20-21-19(24)13-22-12-6-8-15-7-2-4-10-17(15)22/h2-5,7,9-11H,6,8,12-13H2,1H3,(H,21,24)/b20-14-. The lowest BCUT2D eigenvalue weighted by Crippen LogP contribution is -2.38. The van der Waals surface area contributed by atoms with Gasteiger partial charge >= 0.3 is 0 Å². The van der Waals surface area contributed by atoms with Gasteiger partial charge in [-0.1, -0.05) is 30.3 Å². The Morgan fingerprint density at radius 3 is 2.77 bits per heavy atom. The lowest BCUT2D eigenvalue weighted by Gasteiger charge is -2.30. The van der Waals surface area contributed by atoms with Crippen LogP contribution in [0.15, 0.2) is 53.6 Å². The number of nitrogens with zero attached hydrogens (tertiary/aromatic N) is 3. The molecular weight excluding hydrogens is 332 g/mol. The molecule has 0 radical (unpaired) electrons. The molecule has 2 aromatic rings. The molecule has 1 aliphatic heterocycles. The first-order chi connectivity index (χ1) is 12.6. The average Bonchev–Trinajstić information content (AvgIpc) is 2.66. The number of amides is 1. The van der Waals surface area contributed by atoms with Gasteiger partial charge in [-0.25, -0.2) is 5.43 Å². The van der Waals surface area contributed by atoms with Gasteiger partial charge in [0.15, 0.2) is 0 Å². The number of nitro groups is 1. The fourth-order valence-electron chi connectivity index (χ4n) is 3.13. The molecule has 26 heavy (non-hydrogen) atoms. The summed E-state index contributed by atoms with van der Waals surface area (Å²) in [6.45, 7) is 2.65. The molecule has 3 rings (SSSR count). The van der Waals surface area contributed by atoms with Gasteiger partial charge in [0.2, 0.25) is 0 Å². The second kappa shape index (κ2) is 7.77. The molecule has 7 heteroatoms. The van der Waals surface area contributed by atoms with Crippen molar-refractivity contribution in [3.05, 3.63) is 69.8 Å². The van der Waals surface area contributed by atoms with Gasteiger partial charge in [0, 0.05) is 18.3 Å². The molecule has 7 nitrogen and oxygen atoms in total. The summed E-state index contributed by atoms with van der Waals surface area (Å²) in [4.78, 5) is 25.0. The minimum atomic E-state index is -0.458. The molecule has 1 N–H and O–H groups in total. The number of carbonyl (C=O) groups excluding carboxylic acids is 1. The number of carbonyl (C=O) groups is 1. The van der Waals surface area contributed by atoms with Crippen LogP contribution in [0.3, 0.4) is 0 Å². The smallest absolute Gasteiger partial charge is 0.278 e. The summed E-state index contributed by atoms with van der Waals surface area (Å²) < 4.78 is 0. The Bertz CT molecular complexity index is 863. The van der Waals surface area contributed by atoms with E-state index in [1.54, 1.807) is 25.1 Å². The zero-order valence-corrected chi connectivity index (χ0v) is 14.5. The third-order valence-electron chi connectivity index (χ3n) is 4.38. The van der Waals surface area contributed by atoms with Gasteiger partial charge in [-0.2, -0.15) is 5.10 Å². The number of hydrogen-bond acceptors (Lipinski definition) is 5. The Labute approximate surface area is 151 Å². The van der Waals surface area contributed by atoms with Gasteiger partial charge in [-0.3, -0.25) is 14.9 Å². The van der Waals surface area contributed by atoms with Gasteiger partial charge in [-0.15, -0.1) is 0 Å². The predicted molar refractivity (Wildman–Crippen MR) is 100 cm³/mol. The molecule has 1 aliphatic rings. The molecule has 0 unspecified atom stereocenters. The van der Waals surface area contributed by atoms with Crippen LogP contribution >= 0.6 is 0 Å². The van der Waals surface area contributed by atoms with E-state index in [9.17, 15) is 14.9 Å². The van der Waals surface area contributed by atoms with E-state index in [0.717, 1.165) is 25.1 Å². The van der Waals surface area contributed by atoms with Gasteiger partial charge in [0.05, 0.1) is 22.7 Å². The normalized spacial score (nSPS) is 13.9. The maximum atomic E-state index is 12.3. The van der Waals surface area contributed by atoms with Crippen LogP contribution in [0.2, 0.25) is 0 Å². The second-order valence-electron chi connectivity index (χ2n) is 6.16. The molecule has 0 spiro atoms. The fraction of sp³-hybridized carbons (Fsp3) is 0.263. The minimum absolute atomic E-state index is 0.0343. The van der Waals surface area contributed by atoms with Crippen molar-refractivity contribution in [3.63, 3.8) is 0 Å². The lowest BCUT2D eigenvalue weighted by atomic mass is 10.0. The van der Waals surface area contributed by atoms with Gasteiger partial charge in [0.25, 0.3) is 11.6 Å². The van der Waals surface area contributed by atoms with Crippen LogP contribution in [0.1, 0.15) is 24.5 Å². The molecule has 0 saturated carbocycles. The quantitative estimate of drug-likeness (QED) is 0.509. The van der Waals surface area contributed by atoms with E-state index in [4.69, 9.17) is 0 Å². The SMILES string of the molecule is C/C(=N/NC(=O)CN1CCCc2ccccc21)c1ccccc1[N+](=O)[O-]. The molecular formula is C19H20N4O3. The summed E-state index contributed by atoms with van der Waals surface area (Å²) in [6, 6.07) is 14.4. The summed E-state index contributed by atoms with van der Waals surface area (Å²) in [5.41, 5.74) is 5.58. The molecule has 134 valence electrons. The molecule has 0 saturated heterocycles. The molecule has 0 atom stereocenters. The van der Waals surface area contributed by atoms with Gasteiger partial charge < -0.3 is 4.90 Å². The highest BCUT2D eigenvalue weighted by Crippen LogP contribution is 2.26. The summed E-state index contributed by atoms with van der Waals surface area (Å²) in [5, 5.41) is 15.1. The van der Waals surface area contributed by atoms with Crippen LogP contribution in [0.5, 0.6) is 0 Å². The first kappa shape index (κ1) is 17.6. The highest BCUT2D eigenvalue weighted by Gasteiger charge is 2.19. The monoisotopic (exact) mass is 352 g/mol. The van der Waals surface area contributed by atoms with E-state index in [2.05, 4.69) is 16.6 Å². The van der Waals surface area contributed by atoms with Crippen LogP contribution < -0.4 is 10.3 Å². The Morgan fingerprint density at radius 1 is 1.23 bits per heavy atom. The second-order valence-corrected chi connectivity index (χ2v) is 6.16. The van der Waals surface area contributed by atoms with E-state index >= 15 is 0 Å². The summed E-state index contributed by atoms with van der Waals surface area (Å²) in [5.74, 6) is -0.250. The van der Waals surface area contributed by atoms with Crippen LogP contribution in [-0.2, 0) is 11.2 Å². The molecule has 0 aromatic heterocycles. The number of nitro benzene ring substituents is 1. The number of anilines is 1. The van der Waals surface area contributed by atoms with Crippen LogP contribution in [0.4, 0.5) is 11.4 Å². The zero-order chi connectivity index (χ0) is 18.5. The number of hydrogen-bond donors (Lipinski definition) is 1. The molecule has 2 aromatic carbocycles. The summed E-state index contributed by atoms with van der Waals surface area (Å²) in [6.07, 6.45) is 2.02. The van der Waals surface area contributed by atoms with Crippen molar-refractivity contribution in [2.75, 3.05) is 18.0 Å². The third kappa shape index (κ3) is 3.88.